The number of aryl methyl sites for hydroxylation is 2. The van der Waals surface area contributed by atoms with Gasteiger partial charge in [0.15, 0.2) is 0 Å². The molecule has 0 radical (unpaired) electrons. The van der Waals surface area contributed by atoms with Crippen LogP contribution in [0.25, 0.3) is 39.0 Å². The van der Waals surface area contributed by atoms with Gasteiger partial charge in [-0.1, -0.05) is 141 Å². The molecule has 12 rings (SSSR count). The molecule has 2 atom stereocenters. The number of para-hydroxylation sites is 1. The Kier molecular flexibility index (Phi) is 6.84. The molecule has 1 heteroatoms. The number of allylic oxidation sites excluding steroid dienone is 4. The summed E-state index contributed by atoms with van der Waals surface area (Å²) < 4.78 is 0. The zero-order chi connectivity index (χ0) is 39.2. The third kappa shape index (κ3) is 4.22. The van der Waals surface area contributed by atoms with Crippen molar-refractivity contribution in [3.8, 4) is 33.4 Å². The van der Waals surface area contributed by atoms with E-state index in [0.717, 1.165) is 0 Å². The zero-order valence-electron chi connectivity index (χ0n) is 34.2. The summed E-state index contributed by atoms with van der Waals surface area (Å²) in [7, 11) is 0. The maximum atomic E-state index is 2.63. The second kappa shape index (κ2) is 11.7. The molecule has 280 valence electrons. The van der Waals surface area contributed by atoms with Gasteiger partial charge in [0.1, 0.15) is 0 Å². The van der Waals surface area contributed by atoms with E-state index in [4.69, 9.17) is 0 Å². The molecular formula is C57H47N. The first-order valence-electron chi connectivity index (χ1n) is 21.2. The molecule has 1 nitrogen and oxygen atoms in total. The number of fused-ring (bicyclic) bond motifs is 14. The summed E-state index contributed by atoms with van der Waals surface area (Å²) in [6, 6.07) is 53.2. The van der Waals surface area contributed by atoms with Crippen molar-refractivity contribution < 1.29 is 0 Å². The van der Waals surface area contributed by atoms with Crippen LogP contribution in [0.15, 0.2) is 157 Å². The van der Waals surface area contributed by atoms with Crippen molar-refractivity contribution in [3.63, 3.8) is 0 Å². The van der Waals surface area contributed by atoms with E-state index in [2.05, 4.69) is 198 Å². The summed E-state index contributed by atoms with van der Waals surface area (Å²) in [5, 5.41) is 0. The predicted octanol–water partition coefficient (Wildman–Crippen LogP) is 14.7. The summed E-state index contributed by atoms with van der Waals surface area (Å²) >= 11 is 0. The molecule has 7 aromatic rings. The number of benzene rings is 7. The van der Waals surface area contributed by atoms with Gasteiger partial charge in [-0.25, -0.2) is 0 Å². The molecule has 7 aromatic carbocycles. The Balaban J connectivity index is 1.20. The highest BCUT2D eigenvalue weighted by Crippen LogP contribution is 2.67. The van der Waals surface area contributed by atoms with Gasteiger partial charge in [0, 0.05) is 22.2 Å². The number of rotatable bonds is 4. The van der Waals surface area contributed by atoms with Gasteiger partial charge in [0.2, 0.25) is 0 Å². The molecule has 1 saturated carbocycles. The first kappa shape index (κ1) is 33.9. The van der Waals surface area contributed by atoms with Gasteiger partial charge in [-0.05, 0) is 159 Å². The molecular weight excluding hydrogens is 699 g/mol. The van der Waals surface area contributed by atoms with Crippen molar-refractivity contribution in [3.05, 3.63) is 213 Å². The standard InChI is InChI=1S/C57H47N/c1-33-24-27-45-52-51(30-34(2)36(4)54(52)57(53(45)35(33)3)47-21-13-10-19-41(47)42-20-11-14-22-48(42)57)58(50-23-15-12-18-40(50)37-16-8-7-9-17-37)39-26-29-43-44-28-25-38-31-46(38)55(44)56(5,6)49(43)32-39/h7-30,32,38,46H,31H2,1-6H3. The molecule has 0 amide bonds. The molecule has 1 fully saturated rings. The zero-order valence-corrected chi connectivity index (χ0v) is 34.2. The fraction of sp³-hybridized carbons (Fsp3) is 0.193. The maximum Gasteiger partial charge on any atom is 0.0731 e. The average molecular weight is 746 g/mol. The lowest BCUT2D eigenvalue weighted by Gasteiger charge is -2.35. The SMILES string of the molecule is Cc1ccc2c(c1C)C1(c3ccccc3-c3ccccc31)c1c(C)c(C)cc(N(c3ccc4c(c3)C(C)(C)C3=C4C=CC4CC34)c3ccccc3-c3ccccc3)c1-2. The van der Waals surface area contributed by atoms with E-state index < -0.39 is 5.41 Å². The Morgan fingerprint density at radius 1 is 0.534 bits per heavy atom. The molecule has 0 saturated heterocycles. The van der Waals surface area contributed by atoms with Crippen LogP contribution in [0.5, 0.6) is 0 Å². The Morgan fingerprint density at radius 3 is 1.91 bits per heavy atom. The van der Waals surface area contributed by atoms with E-state index >= 15 is 0 Å². The van der Waals surface area contributed by atoms with Crippen molar-refractivity contribution in [2.75, 3.05) is 4.90 Å². The van der Waals surface area contributed by atoms with Gasteiger partial charge in [-0.3, -0.25) is 0 Å². The fourth-order valence-corrected chi connectivity index (χ4v) is 12.0. The van der Waals surface area contributed by atoms with Crippen molar-refractivity contribution in [2.24, 2.45) is 11.8 Å². The predicted molar refractivity (Wildman–Crippen MR) is 242 cm³/mol. The van der Waals surface area contributed by atoms with Crippen molar-refractivity contribution in [1.82, 2.24) is 0 Å². The van der Waals surface area contributed by atoms with Gasteiger partial charge in [-0.2, -0.15) is 0 Å². The molecule has 58 heavy (non-hydrogen) atoms. The van der Waals surface area contributed by atoms with Crippen LogP contribution in [0.1, 0.15) is 75.9 Å². The summed E-state index contributed by atoms with van der Waals surface area (Å²) in [5.41, 5.74) is 27.9. The second-order valence-corrected chi connectivity index (χ2v) is 18.1. The van der Waals surface area contributed by atoms with Crippen LogP contribution in [-0.4, -0.2) is 0 Å². The Morgan fingerprint density at radius 2 is 1.17 bits per heavy atom. The van der Waals surface area contributed by atoms with Crippen LogP contribution in [-0.2, 0) is 10.8 Å². The summed E-state index contributed by atoms with van der Waals surface area (Å²) in [5.74, 6) is 1.39. The molecule has 2 unspecified atom stereocenters. The topological polar surface area (TPSA) is 3.24 Å². The Labute approximate surface area is 343 Å². The molecule has 0 aliphatic heterocycles. The van der Waals surface area contributed by atoms with Gasteiger partial charge in [0.05, 0.1) is 16.8 Å². The highest BCUT2D eigenvalue weighted by atomic mass is 15.1. The second-order valence-electron chi connectivity index (χ2n) is 18.1. The largest absolute Gasteiger partial charge is 0.309 e. The van der Waals surface area contributed by atoms with Gasteiger partial charge in [-0.15, -0.1) is 0 Å². The molecule has 5 aliphatic carbocycles. The van der Waals surface area contributed by atoms with Crippen LogP contribution in [0.2, 0.25) is 0 Å². The van der Waals surface area contributed by atoms with Crippen LogP contribution < -0.4 is 4.90 Å². The number of anilines is 3. The van der Waals surface area contributed by atoms with E-state index in [9.17, 15) is 0 Å². The van der Waals surface area contributed by atoms with E-state index in [1.807, 2.05) is 0 Å². The third-order valence-electron chi connectivity index (χ3n) is 14.9. The highest BCUT2D eigenvalue weighted by molar-refractivity contribution is 6.04. The van der Waals surface area contributed by atoms with E-state index in [1.165, 1.54) is 118 Å². The number of hydrogen-bond donors (Lipinski definition) is 0. The quantitative estimate of drug-likeness (QED) is 0.173. The summed E-state index contributed by atoms with van der Waals surface area (Å²) in [6.45, 7) is 14.3. The van der Waals surface area contributed by atoms with Gasteiger partial charge in [0.25, 0.3) is 0 Å². The average Bonchev–Trinajstić information content (AvgIpc) is 3.83. The Hall–Kier alpha value is -6.18. The number of hydrogen-bond acceptors (Lipinski definition) is 1. The molecule has 5 aliphatic rings. The lowest BCUT2D eigenvalue weighted by Crippen LogP contribution is -2.28. The molecule has 0 bridgehead atoms. The first-order valence-corrected chi connectivity index (χ1v) is 21.2. The highest BCUT2D eigenvalue weighted by Gasteiger charge is 2.55. The lowest BCUT2D eigenvalue weighted by atomic mass is 9.67. The van der Waals surface area contributed by atoms with E-state index in [1.54, 1.807) is 5.57 Å². The molecule has 0 heterocycles. The minimum Gasteiger partial charge on any atom is -0.309 e. The molecule has 0 N–H and O–H groups in total. The van der Waals surface area contributed by atoms with Crippen LogP contribution >= 0.6 is 0 Å². The van der Waals surface area contributed by atoms with Crippen LogP contribution in [0, 0.1) is 39.5 Å². The normalized spacial score (nSPS) is 18.9. The van der Waals surface area contributed by atoms with Gasteiger partial charge >= 0.3 is 0 Å². The summed E-state index contributed by atoms with van der Waals surface area (Å²) in [6.07, 6.45) is 6.20. The smallest absolute Gasteiger partial charge is 0.0731 e. The summed E-state index contributed by atoms with van der Waals surface area (Å²) in [4.78, 5) is 2.63. The van der Waals surface area contributed by atoms with Crippen LogP contribution in [0.4, 0.5) is 17.1 Å². The third-order valence-corrected chi connectivity index (χ3v) is 14.9. The molecule has 1 spiro atoms. The minimum atomic E-state index is -0.445. The molecule has 0 aromatic heterocycles. The van der Waals surface area contributed by atoms with Crippen molar-refractivity contribution in [1.29, 1.82) is 0 Å². The van der Waals surface area contributed by atoms with Gasteiger partial charge < -0.3 is 4.90 Å². The maximum absolute atomic E-state index is 2.63. The van der Waals surface area contributed by atoms with E-state index in [0.29, 0.717) is 11.8 Å². The van der Waals surface area contributed by atoms with Crippen molar-refractivity contribution >= 4 is 22.6 Å². The lowest BCUT2D eigenvalue weighted by molar-refractivity contribution is 0.591. The number of nitrogens with zero attached hydrogens (tertiary/aromatic N) is 1. The Bertz CT molecular complexity index is 2960. The van der Waals surface area contributed by atoms with E-state index in [-0.39, 0.29) is 5.41 Å². The van der Waals surface area contributed by atoms with Crippen molar-refractivity contribution in [2.45, 2.75) is 58.8 Å². The fourth-order valence-electron chi connectivity index (χ4n) is 12.0. The van der Waals surface area contributed by atoms with Crippen LogP contribution in [0.3, 0.4) is 0 Å². The minimum absolute atomic E-state index is 0.0385. The monoisotopic (exact) mass is 745 g/mol. The first-order chi connectivity index (χ1) is 28.2.